The van der Waals surface area contributed by atoms with Gasteiger partial charge in [0.2, 0.25) is 0 Å². The summed E-state index contributed by atoms with van der Waals surface area (Å²) >= 11 is 1.46. The second kappa shape index (κ2) is 5.82. The minimum atomic E-state index is -0.407. The molecule has 0 unspecified atom stereocenters. The smallest absolute Gasteiger partial charge is 0.354 e. The molecule has 0 saturated heterocycles. The van der Waals surface area contributed by atoms with Crippen molar-refractivity contribution in [2.24, 2.45) is 0 Å². The van der Waals surface area contributed by atoms with Crippen LogP contribution in [0.1, 0.15) is 47.2 Å². The molecular weight excluding hydrogens is 250 g/mol. The Morgan fingerprint density at radius 3 is 2.44 bits per heavy atom. The van der Waals surface area contributed by atoms with Crippen LogP contribution in [0.15, 0.2) is 5.38 Å². The molecule has 0 atom stereocenters. The molecule has 2 rings (SSSR count). The standard InChI is InChI=1S/C11H11NO3S.C2H6/c1-5-8(11(14)15-3)12-9-7(6(2)13)4-16-10(5)9;1-2/h4,12H,1-3H3;1-2H3. The van der Waals surface area contributed by atoms with Crippen LogP contribution >= 0.6 is 11.3 Å². The molecule has 0 aliphatic carbocycles. The SMILES string of the molecule is CC.COC(=O)c1[nH]c2c(C(C)=O)csc2c1C. The van der Waals surface area contributed by atoms with E-state index in [-0.39, 0.29) is 5.78 Å². The molecular formula is C13H17NO3S. The van der Waals surface area contributed by atoms with Crippen LogP contribution in [-0.2, 0) is 4.74 Å². The zero-order chi connectivity index (χ0) is 13.9. The molecule has 0 saturated carbocycles. The first-order valence-corrected chi connectivity index (χ1v) is 6.63. The van der Waals surface area contributed by atoms with E-state index in [1.165, 1.54) is 25.4 Å². The Morgan fingerprint density at radius 1 is 1.33 bits per heavy atom. The first-order chi connectivity index (χ1) is 8.56. The number of fused-ring (bicyclic) bond motifs is 1. The van der Waals surface area contributed by atoms with E-state index in [0.717, 1.165) is 15.8 Å². The summed E-state index contributed by atoms with van der Waals surface area (Å²) in [6, 6.07) is 0. The van der Waals surface area contributed by atoms with Gasteiger partial charge in [0.15, 0.2) is 5.78 Å². The van der Waals surface area contributed by atoms with Crippen molar-refractivity contribution in [3.05, 3.63) is 22.2 Å². The predicted octanol–water partition coefficient (Wildman–Crippen LogP) is 3.55. The van der Waals surface area contributed by atoms with E-state index in [4.69, 9.17) is 0 Å². The van der Waals surface area contributed by atoms with Gasteiger partial charge in [-0.05, 0) is 19.4 Å². The summed E-state index contributed by atoms with van der Waals surface area (Å²) in [5, 5.41) is 1.80. The van der Waals surface area contributed by atoms with Crippen molar-refractivity contribution >= 4 is 33.3 Å². The van der Waals surface area contributed by atoms with Crippen LogP contribution in [0.4, 0.5) is 0 Å². The normalized spacial score (nSPS) is 9.83. The first kappa shape index (κ1) is 14.4. The zero-order valence-electron chi connectivity index (χ0n) is 11.2. The van der Waals surface area contributed by atoms with Gasteiger partial charge < -0.3 is 9.72 Å². The number of aromatic amines is 1. The number of aromatic nitrogens is 1. The lowest BCUT2D eigenvalue weighted by molar-refractivity contribution is 0.0594. The van der Waals surface area contributed by atoms with Gasteiger partial charge in [-0.2, -0.15) is 0 Å². The molecule has 2 heterocycles. The minimum Gasteiger partial charge on any atom is -0.464 e. The number of Topliss-reactive ketones (excluding diaryl/α,β-unsaturated/α-hetero) is 1. The van der Waals surface area contributed by atoms with Crippen molar-refractivity contribution in [2.45, 2.75) is 27.7 Å². The molecule has 5 heteroatoms. The number of aryl methyl sites for hydroxylation is 1. The van der Waals surface area contributed by atoms with Crippen molar-refractivity contribution in [2.75, 3.05) is 7.11 Å². The van der Waals surface area contributed by atoms with Gasteiger partial charge in [0.1, 0.15) is 5.69 Å². The maximum Gasteiger partial charge on any atom is 0.354 e. The highest BCUT2D eigenvalue weighted by Crippen LogP contribution is 2.31. The predicted molar refractivity (Wildman–Crippen MR) is 73.6 cm³/mol. The van der Waals surface area contributed by atoms with Gasteiger partial charge in [0, 0.05) is 5.38 Å². The molecule has 0 bridgehead atoms. The van der Waals surface area contributed by atoms with Crippen molar-refractivity contribution in [1.82, 2.24) is 4.98 Å². The number of hydrogen-bond acceptors (Lipinski definition) is 4. The topological polar surface area (TPSA) is 59.2 Å². The first-order valence-electron chi connectivity index (χ1n) is 5.75. The maximum atomic E-state index is 11.4. The molecule has 2 aromatic heterocycles. The van der Waals surface area contributed by atoms with Crippen LogP contribution in [0.3, 0.4) is 0 Å². The molecule has 98 valence electrons. The van der Waals surface area contributed by atoms with E-state index in [9.17, 15) is 9.59 Å². The molecule has 0 aliphatic rings. The van der Waals surface area contributed by atoms with Crippen LogP contribution in [0.5, 0.6) is 0 Å². The fourth-order valence-electron chi connectivity index (χ4n) is 1.66. The average Bonchev–Trinajstić information content (AvgIpc) is 2.92. The summed E-state index contributed by atoms with van der Waals surface area (Å²) in [6.45, 7) is 7.35. The fourth-order valence-corrected chi connectivity index (χ4v) is 2.73. The van der Waals surface area contributed by atoms with Gasteiger partial charge in [-0.3, -0.25) is 4.79 Å². The van der Waals surface area contributed by atoms with Gasteiger partial charge in [0.05, 0.1) is 22.9 Å². The van der Waals surface area contributed by atoms with Gasteiger partial charge in [-0.25, -0.2) is 4.79 Å². The van der Waals surface area contributed by atoms with Crippen LogP contribution in [0.25, 0.3) is 10.2 Å². The molecule has 0 aromatic carbocycles. The fraction of sp³-hybridized carbons (Fsp3) is 0.385. The number of carbonyl (C=O) groups excluding carboxylic acids is 2. The maximum absolute atomic E-state index is 11.4. The Balaban J connectivity index is 0.000000771. The lowest BCUT2D eigenvalue weighted by Crippen LogP contribution is -2.03. The Bertz CT molecular complexity index is 580. The number of esters is 1. The van der Waals surface area contributed by atoms with Crippen molar-refractivity contribution in [1.29, 1.82) is 0 Å². The molecule has 0 aliphatic heterocycles. The number of ether oxygens (including phenoxy) is 1. The Hall–Kier alpha value is -1.62. The summed E-state index contributed by atoms with van der Waals surface area (Å²) in [6.07, 6.45) is 0. The number of ketones is 1. The lowest BCUT2D eigenvalue weighted by atomic mass is 10.2. The van der Waals surface area contributed by atoms with Crippen LogP contribution in [0, 0.1) is 6.92 Å². The van der Waals surface area contributed by atoms with Crippen LogP contribution in [-0.4, -0.2) is 23.8 Å². The molecule has 4 nitrogen and oxygen atoms in total. The highest BCUT2D eigenvalue weighted by molar-refractivity contribution is 7.17. The molecule has 2 aromatic rings. The van der Waals surface area contributed by atoms with Gasteiger partial charge in [0.25, 0.3) is 0 Å². The summed E-state index contributed by atoms with van der Waals surface area (Å²) in [5.74, 6) is -0.417. The van der Waals surface area contributed by atoms with Gasteiger partial charge >= 0.3 is 5.97 Å². The third-order valence-electron chi connectivity index (χ3n) is 2.53. The molecule has 0 fully saturated rings. The number of nitrogens with one attached hydrogen (secondary N) is 1. The van der Waals surface area contributed by atoms with Crippen LogP contribution in [0.2, 0.25) is 0 Å². The number of carbonyl (C=O) groups is 2. The quantitative estimate of drug-likeness (QED) is 0.668. The van der Waals surface area contributed by atoms with E-state index in [1.54, 1.807) is 5.38 Å². The van der Waals surface area contributed by atoms with Crippen molar-refractivity contribution in [3.63, 3.8) is 0 Å². The average molecular weight is 267 g/mol. The third-order valence-corrected chi connectivity index (χ3v) is 3.63. The number of thiophene rings is 1. The molecule has 0 radical (unpaired) electrons. The van der Waals surface area contributed by atoms with E-state index < -0.39 is 5.97 Å². The second-order valence-corrected chi connectivity index (χ2v) is 4.41. The monoisotopic (exact) mass is 267 g/mol. The second-order valence-electron chi connectivity index (χ2n) is 3.53. The third kappa shape index (κ3) is 2.31. The molecule has 0 spiro atoms. The summed E-state index contributed by atoms with van der Waals surface area (Å²) in [7, 11) is 1.34. The highest BCUT2D eigenvalue weighted by Gasteiger charge is 2.19. The summed E-state index contributed by atoms with van der Waals surface area (Å²) < 4.78 is 5.60. The summed E-state index contributed by atoms with van der Waals surface area (Å²) in [4.78, 5) is 25.8. The Labute approximate surface area is 110 Å². The van der Waals surface area contributed by atoms with E-state index in [2.05, 4.69) is 9.72 Å². The number of rotatable bonds is 2. The summed E-state index contributed by atoms with van der Waals surface area (Å²) in [5.41, 5.74) is 2.61. The zero-order valence-corrected chi connectivity index (χ0v) is 12.0. The number of hydrogen-bond donors (Lipinski definition) is 1. The highest BCUT2D eigenvalue weighted by atomic mass is 32.1. The van der Waals surface area contributed by atoms with Gasteiger partial charge in [-0.15, -0.1) is 11.3 Å². The largest absolute Gasteiger partial charge is 0.464 e. The molecule has 1 N–H and O–H groups in total. The Kier molecular flexibility index (Phi) is 4.67. The minimum absolute atomic E-state index is 0.0103. The van der Waals surface area contributed by atoms with Crippen molar-refractivity contribution in [3.8, 4) is 0 Å². The van der Waals surface area contributed by atoms with E-state index >= 15 is 0 Å². The molecule has 0 amide bonds. The van der Waals surface area contributed by atoms with Crippen molar-refractivity contribution < 1.29 is 14.3 Å². The van der Waals surface area contributed by atoms with E-state index in [0.29, 0.717) is 11.3 Å². The lowest BCUT2D eigenvalue weighted by Gasteiger charge is -1.96. The molecule has 18 heavy (non-hydrogen) atoms. The van der Waals surface area contributed by atoms with Gasteiger partial charge in [-0.1, -0.05) is 13.8 Å². The van der Waals surface area contributed by atoms with E-state index in [1.807, 2.05) is 20.8 Å². The van der Waals surface area contributed by atoms with Crippen LogP contribution < -0.4 is 0 Å². The number of H-pyrrole nitrogens is 1. The Morgan fingerprint density at radius 2 is 1.94 bits per heavy atom. The number of methoxy groups -OCH3 is 1.